The van der Waals surface area contributed by atoms with Crippen LogP contribution in [0.1, 0.15) is 11.1 Å². The minimum absolute atomic E-state index is 0.803. The second kappa shape index (κ2) is 5.88. The topological polar surface area (TPSA) is 12.0 Å². The van der Waals surface area contributed by atoms with Crippen molar-refractivity contribution < 1.29 is 0 Å². The molecule has 0 spiro atoms. The van der Waals surface area contributed by atoms with Crippen LogP contribution in [0.4, 0.5) is 0 Å². The molecule has 0 unspecified atom stereocenters. The van der Waals surface area contributed by atoms with E-state index in [1.165, 1.54) is 27.5 Å². The quantitative estimate of drug-likeness (QED) is 0.701. The van der Waals surface area contributed by atoms with Crippen LogP contribution in [0.15, 0.2) is 54.6 Å². The molecule has 1 N–H and O–H groups in total. The number of aryl methyl sites for hydroxylation is 1. The first-order valence-electron chi connectivity index (χ1n) is 7.12. The van der Waals surface area contributed by atoms with Gasteiger partial charge in [-0.1, -0.05) is 60.1 Å². The first-order chi connectivity index (χ1) is 10.2. The highest BCUT2D eigenvalue weighted by atomic mass is 35.5. The molecule has 0 fully saturated rings. The van der Waals surface area contributed by atoms with E-state index in [1.54, 1.807) is 0 Å². The molecule has 0 saturated carbocycles. The highest BCUT2D eigenvalue weighted by molar-refractivity contribution is 6.33. The molecule has 3 rings (SSSR count). The van der Waals surface area contributed by atoms with Crippen molar-refractivity contribution in [2.75, 3.05) is 7.05 Å². The van der Waals surface area contributed by atoms with Crippen LogP contribution in [-0.2, 0) is 6.54 Å². The molecule has 0 radical (unpaired) electrons. The Labute approximate surface area is 130 Å². The first kappa shape index (κ1) is 14.1. The fourth-order valence-corrected chi connectivity index (χ4v) is 3.08. The van der Waals surface area contributed by atoms with E-state index in [1.807, 2.05) is 13.1 Å². The maximum absolute atomic E-state index is 6.51. The number of fused-ring (bicyclic) bond motifs is 1. The van der Waals surface area contributed by atoms with E-state index < -0.39 is 0 Å². The number of benzene rings is 3. The summed E-state index contributed by atoms with van der Waals surface area (Å²) in [6.45, 7) is 2.97. The Morgan fingerprint density at radius 3 is 2.33 bits per heavy atom. The minimum Gasteiger partial charge on any atom is -0.316 e. The van der Waals surface area contributed by atoms with Gasteiger partial charge < -0.3 is 5.32 Å². The van der Waals surface area contributed by atoms with Gasteiger partial charge in [-0.3, -0.25) is 0 Å². The Hall–Kier alpha value is -1.83. The van der Waals surface area contributed by atoms with E-state index in [0.717, 1.165) is 17.1 Å². The fraction of sp³-hybridized carbons (Fsp3) is 0.158. The molecule has 0 amide bonds. The number of halogens is 1. The summed E-state index contributed by atoms with van der Waals surface area (Å²) in [6.07, 6.45) is 0. The average Bonchev–Trinajstić information content (AvgIpc) is 2.49. The molecule has 3 aromatic rings. The third-order valence-corrected chi connectivity index (χ3v) is 4.16. The summed E-state index contributed by atoms with van der Waals surface area (Å²) in [5.74, 6) is 0. The summed E-state index contributed by atoms with van der Waals surface area (Å²) < 4.78 is 0. The van der Waals surface area contributed by atoms with Crippen LogP contribution >= 0.6 is 11.6 Å². The zero-order valence-corrected chi connectivity index (χ0v) is 13.0. The van der Waals surface area contributed by atoms with Crippen molar-refractivity contribution in [3.63, 3.8) is 0 Å². The van der Waals surface area contributed by atoms with Gasteiger partial charge in [-0.2, -0.15) is 0 Å². The van der Waals surface area contributed by atoms with Crippen molar-refractivity contribution in [1.29, 1.82) is 0 Å². The SMILES string of the molecule is CNCc1ccc(-c2ccc(C)c3ccccc23)c(Cl)c1. The fourth-order valence-electron chi connectivity index (χ4n) is 2.78. The molecule has 106 valence electrons. The van der Waals surface area contributed by atoms with Gasteiger partial charge in [0, 0.05) is 17.1 Å². The third-order valence-electron chi connectivity index (χ3n) is 3.85. The molecule has 3 aromatic carbocycles. The van der Waals surface area contributed by atoms with E-state index in [9.17, 15) is 0 Å². The Morgan fingerprint density at radius 2 is 1.62 bits per heavy atom. The highest BCUT2D eigenvalue weighted by Crippen LogP contribution is 2.35. The molecule has 0 aliphatic carbocycles. The van der Waals surface area contributed by atoms with Crippen molar-refractivity contribution >= 4 is 22.4 Å². The van der Waals surface area contributed by atoms with Crippen LogP contribution in [0.5, 0.6) is 0 Å². The zero-order chi connectivity index (χ0) is 14.8. The van der Waals surface area contributed by atoms with Crippen molar-refractivity contribution in [2.45, 2.75) is 13.5 Å². The lowest BCUT2D eigenvalue weighted by atomic mass is 9.95. The molecular weight excluding hydrogens is 278 g/mol. The Bertz CT molecular complexity index is 793. The van der Waals surface area contributed by atoms with E-state index in [4.69, 9.17) is 11.6 Å². The molecule has 0 heterocycles. The molecule has 0 atom stereocenters. The number of hydrogen-bond acceptors (Lipinski definition) is 1. The zero-order valence-electron chi connectivity index (χ0n) is 12.3. The van der Waals surface area contributed by atoms with Crippen molar-refractivity contribution in [3.8, 4) is 11.1 Å². The summed E-state index contributed by atoms with van der Waals surface area (Å²) in [7, 11) is 1.94. The molecule has 2 heteroatoms. The molecule has 0 aliphatic rings. The van der Waals surface area contributed by atoms with E-state index in [2.05, 4.69) is 60.8 Å². The van der Waals surface area contributed by atoms with Gasteiger partial charge in [0.15, 0.2) is 0 Å². The second-order valence-electron chi connectivity index (χ2n) is 5.32. The minimum atomic E-state index is 0.803. The van der Waals surface area contributed by atoms with Gasteiger partial charge in [0.1, 0.15) is 0 Å². The molecular formula is C19H18ClN. The van der Waals surface area contributed by atoms with Crippen molar-refractivity contribution in [1.82, 2.24) is 5.32 Å². The molecule has 0 aliphatic heterocycles. The van der Waals surface area contributed by atoms with Gasteiger partial charge >= 0.3 is 0 Å². The lowest BCUT2D eigenvalue weighted by molar-refractivity contribution is 0.818. The normalized spacial score (nSPS) is 11.0. The van der Waals surface area contributed by atoms with Gasteiger partial charge in [0.05, 0.1) is 0 Å². The maximum Gasteiger partial charge on any atom is 0.0487 e. The van der Waals surface area contributed by atoms with E-state index >= 15 is 0 Å². The van der Waals surface area contributed by atoms with Crippen molar-refractivity contribution in [2.24, 2.45) is 0 Å². The second-order valence-corrected chi connectivity index (χ2v) is 5.73. The van der Waals surface area contributed by atoms with Crippen LogP contribution in [0.25, 0.3) is 21.9 Å². The molecule has 21 heavy (non-hydrogen) atoms. The summed E-state index contributed by atoms with van der Waals surface area (Å²) in [4.78, 5) is 0. The van der Waals surface area contributed by atoms with Crippen LogP contribution in [0.3, 0.4) is 0 Å². The standard InChI is InChI=1S/C19H18ClN/c1-13-7-9-17(16-6-4-3-5-15(13)16)18-10-8-14(12-21-2)11-19(18)20/h3-11,21H,12H2,1-2H3. The summed E-state index contributed by atoms with van der Waals surface area (Å²) >= 11 is 6.51. The number of rotatable bonds is 3. The highest BCUT2D eigenvalue weighted by Gasteiger charge is 2.09. The van der Waals surface area contributed by atoms with Gasteiger partial charge in [-0.05, 0) is 47.5 Å². The Balaban J connectivity index is 2.19. The van der Waals surface area contributed by atoms with Crippen LogP contribution < -0.4 is 5.32 Å². The lowest BCUT2D eigenvalue weighted by Crippen LogP contribution is -2.04. The summed E-state index contributed by atoms with van der Waals surface area (Å²) in [5.41, 5.74) is 4.77. The smallest absolute Gasteiger partial charge is 0.0487 e. The van der Waals surface area contributed by atoms with Gasteiger partial charge in [-0.25, -0.2) is 0 Å². The summed E-state index contributed by atoms with van der Waals surface area (Å²) in [5, 5.41) is 6.48. The maximum atomic E-state index is 6.51. The number of nitrogens with one attached hydrogen (secondary N) is 1. The van der Waals surface area contributed by atoms with Crippen LogP contribution in [0, 0.1) is 6.92 Å². The third kappa shape index (κ3) is 2.67. The monoisotopic (exact) mass is 295 g/mol. The molecule has 0 bridgehead atoms. The van der Waals surface area contributed by atoms with E-state index in [-0.39, 0.29) is 0 Å². The Morgan fingerprint density at radius 1 is 0.905 bits per heavy atom. The molecule has 0 aromatic heterocycles. The largest absolute Gasteiger partial charge is 0.316 e. The van der Waals surface area contributed by atoms with Crippen LogP contribution in [-0.4, -0.2) is 7.05 Å². The lowest BCUT2D eigenvalue weighted by Gasteiger charge is -2.12. The van der Waals surface area contributed by atoms with E-state index in [0.29, 0.717) is 0 Å². The van der Waals surface area contributed by atoms with Gasteiger partial charge in [0.25, 0.3) is 0 Å². The first-order valence-corrected chi connectivity index (χ1v) is 7.50. The Kier molecular flexibility index (Phi) is 3.96. The number of hydrogen-bond donors (Lipinski definition) is 1. The molecule has 1 nitrogen and oxygen atoms in total. The predicted molar refractivity (Wildman–Crippen MR) is 91.9 cm³/mol. The average molecular weight is 296 g/mol. The van der Waals surface area contributed by atoms with Gasteiger partial charge in [-0.15, -0.1) is 0 Å². The van der Waals surface area contributed by atoms with Crippen LogP contribution in [0.2, 0.25) is 5.02 Å². The van der Waals surface area contributed by atoms with Gasteiger partial charge in [0.2, 0.25) is 0 Å². The predicted octanol–water partition coefficient (Wildman–Crippen LogP) is 5.19. The summed E-state index contributed by atoms with van der Waals surface area (Å²) in [6, 6.07) is 19.1. The molecule has 0 saturated heterocycles. The van der Waals surface area contributed by atoms with Crippen molar-refractivity contribution in [3.05, 3.63) is 70.7 Å².